The van der Waals surface area contributed by atoms with Gasteiger partial charge in [0.1, 0.15) is 12.4 Å². The van der Waals surface area contributed by atoms with Crippen LogP contribution in [0.15, 0.2) is 35.7 Å². The van der Waals surface area contributed by atoms with Gasteiger partial charge in [-0.1, -0.05) is 23.9 Å². The van der Waals surface area contributed by atoms with Crippen LogP contribution in [0.3, 0.4) is 0 Å². The molecule has 1 heterocycles. The highest BCUT2D eigenvalue weighted by atomic mass is 32.2. The first-order chi connectivity index (χ1) is 12.9. The number of benzene rings is 1. The third-order valence-corrected chi connectivity index (χ3v) is 4.73. The molecule has 0 aliphatic heterocycles. The summed E-state index contributed by atoms with van der Waals surface area (Å²) in [6.07, 6.45) is 1.43. The molecule has 1 unspecified atom stereocenters. The normalized spacial score (nSPS) is 11.6. The minimum atomic E-state index is -1.11. The monoisotopic (exact) mass is 391 g/mol. The Morgan fingerprint density at radius 2 is 2.00 bits per heavy atom. The molecule has 1 aromatic carbocycles. The van der Waals surface area contributed by atoms with Gasteiger partial charge in [-0.25, -0.2) is 9.78 Å². The molecule has 0 radical (unpaired) electrons. The summed E-state index contributed by atoms with van der Waals surface area (Å²) in [4.78, 5) is 40.3. The van der Waals surface area contributed by atoms with E-state index in [4.69, 9.17) is 0 Å². The van der Waals surface area contributed by atoms with Crippen LogP contribution < -0.4 is 5.32 Å². The number of aliphatic carboxylic acids is 1. The largest absolute Gasteiger partial charge is 0.480 e. The van der Waals surface area contributed by atoms with E-state index in [1.165, 1.54) is 36.8 Å². The quantitative estimate of drug-likeness (QED) is 0.547. The van der Waals surface area contributed by atoms with Gasteiger partial charge >= 0.3 is 5.97 Å². The van der Waals surface area contributed by atoms with E-state index < -0.39 is 17.9 Å². The fourth-order valence-corrected chi connectivity index (χ4v) is 3.02. The first kappa shape index (κ1) is 20.4. The predicted molar refractivity (Wildman–Crippen MR) is 99.2 cm³/mol. The highest BCUT2D eigenvalue weighted by molar-refractivity contribution is 7.98. The Morgan fingerprint density at radius 3 is 2.56 bits per heavy atom. The lowest BCUT2D eigenvalue weighted by Crippen LogP contribution is -2.46. The van der Waals surface area contributed by atoms with E-state index >= 15 is 0 Å². The van der Waals surface area contributed by atoms with Crippen molar-refractivity contribution >= 4 is 29.5 Å². The van der Waals surface area contributed by atoms with Gasteiger partial charge in [-0.05, 0) is 24.6 Å². The Kier molecular flexibility index (Phi) is 7.35. The van der Waals surface area contributed by atoms with Crippen LogP contribution in [-0.2, 0) is 15.3 Å². The summed E-state index contributed by atoms with van der Waals surface area (Å²) in [6.45, 7) is 3.10. The Morgan fingerprint density at radius 1 is 1.30 bits per heavy atom. The number of nitrogens with one attached hydrogen (secondary N) is 2. The van der Waals surface area contributed by atoms with Crippen molar-refractivity contribution in [2.75, 3.05) is 13.1 Å². The topological polar surface area (TPSA) is 128 Å². The zero-order chi connectivity index (χ0) is 19.8. The van der Waals surface area contributed by atoms with E-state index in [1.54, 1.807) is 12.1 Å². The van der Waals surface area contributed by atoms with Crippen LogP contribution in [0.25, 0.3) is 0 Å². The first-order valence-corrected chi connectivity index (χ1v) is 9.22. The number of aromatic nitrogens is 3. The summed E-state index contributed by atoms with van der Waals surface area (Å²) in [6, 6.07) is 5.95. The highest BCUT2D eigenvalue weighted by Crippen LogP contribution is 2.19. The highest BCUT2D eigenvalue weighted by Gasteiger charge is 2.26. The second-order valence-electron chi connectivity index (χ2n) is 5.77. The molecule has 1 aromatic heterocycles. The van der Waals surface area contributed by atoms with Crippen molar-refractivity contribution in [1.29, 1.82) is 0 Å². The summed E-state index contributed by atoms with van der Waals surface area (Å²) in [7, 11) is 0. The fraction of sp³-hybridized carbons (Fsp3) is 0.353. The maximum atomic E-state index is 12.7. The maximum absolute atomic E-state index is 12.7. The average Bonchev–Trinajstić information content (AvgIpc) is 3.16. The smallest absolute Gasteiger partial charge is 0.326 e. The van der Waals surface area contributed by atoms with Crippen molar-refractivity contribution in [1.82, 2.24) is 25.4 Å². The minimum absolute atomic E-state index is 0.106. The average molecular weight is 391 g/mol. The summed E-state index contributed by atoms with van der Waals surface area (Å²) in [5.41, 5.74) is 1.38. The molecule has 0 bridgehead atoms. The van der Waals surface area contributed by atoms with Gasteiger partial charge in [-0.2, -0.15) is 5.10 Å². The standard InChI is InChI=1S/C17H21N5O4S/c1-11(16(25)26)22(8-7-18-12(2)23)15(24)14-5-3-13(4-6-14)9-27-17-19-10-20-21-17/h3-6,10-11H,7-9H2,1-2H3,(H,18,23)(H,25,26)(H,19,20,21). The maximum Gasteiger partial charge on any atom is 0.326 e. The van der Waals surface area contributed by atoms with E-state index in [1.807, 2.05) is 12.1 Å². The molecule has 1 atom stereocenters. The molecule has 3 N–H and O–H groups in total. The van der Waals surface area contributed by atoms with E-state index in [-0.39, 0.29) is 19.0 Å². The van der Waals surface area contributed by atoms with Crippen molar-refractivity contribution in [3.05, 3.63) is 41.7 Å². The number of amides is 2. The lowest BCUT2D eigenvalue weighted by Gasteiger charge is -2.26. The van der Waals surface area contributed by atoms with Crippen molar-refractivity contribution < 1.29 is 19.5 Å². The summed E-state index contributed by atoms with van der Waals surface area (Å²) >= 11 is 1.48. The van der Waals surface area contributed by atoms with Crippen LogP contribution in [0.1, 0.15) is 29.8 Å². The number of H-pyrrole nitrogens is 1. The van der Waals surface area contributed by atoms with Crippen LogP contribution in [0.4, 0.5) is 0 Å². The molecule has 2 rings (SSSR count). The number of aromatic amines is 1. The molecule has 0 aliphatic carbocycles. The van der Waals surface area contributed by atoms with Crippen molar-refractivity contribution in [2.45, 2.75) is 30.8 Å². The van der Waals surface area contributed by atoms with Crippen LogP contribution >= 0.6 is 11.8 Å². The lowest BCUT2D eigenvalue weighted by atomic mass is 10.1. The predicted octanol–water partition coefficient (Wildman–Crippen LogP) is 1.15. The number of nitrogens with zero attached hydrogens (tertiary/aromatic N) is 3. The van der Waals surface area contributed by atoms with Gasteiger partial charge in [-0.15, -0.1) is 0 Å². The molecule has 2 aromatic rings. The van der Waals surface area contributed by atoms with Gasteiger partial charge in [0.15, 0.2) is 5.16 Å². The minimum Gasteiger partial charge on any atom is -0.480 e. The molecule has 9 nitrogen and oxygen atoms in total. The molecule has 0 aliphatic rings. The zero-order valence-corrected chi connectivity index (χ0v) is 15.8. The number of carboxylic acid groups (broad SMARTS) is 1. The third kappa shape index (κ3) is 6.10. The van der Waals surface area contributed by atoms with Gasteiger partial charge in [-0.3, -0.25) is 14.7 Å². The summed E-state index contributed by atoms with van der Waals surface area (Å²) < 4.78 is 0. The third-order valence-electron chi connectivity index (χ3n) is 3.78. The first-order valence-electron chi connectivity index (χ1n) is 8.23. The lowest BCUT2D eigenvalue weighted by molar-refractivity contribution is -0.141. The Hall–Kier alpha value is -2.88. The molecule has 2 amide bonds. The van der Waals surface area contributed by atoms with Crippen molar-refractivity contribution in [2.24, 2.45) is 0 Å². The summed E-state index contributed by atoms with van der Waals surface area (Å²) in [5.74, 6) is -1.09. The van der Waals surface area contributed by atoms with Gasteiger partial charge < -0.3 is 15.3 Å². The molecule has 0 saturated carbocycles. The number of rotatable bonds is 9. The molecule has 0 saturated heterocycles. The molecule has 27 heavy (non-hydrogen) atoms. The number of carbonyl (C=O) groups excluding carboxylic acids is 2. The van der Waals surface area contributed by atoms with E-state index in [0.29, 0.717) is 16.5 Å². The summed E-state index contributed by atoms with van der Waals surface area (Å²) in [5, 5.41) is 19.1. The van der Waals surface area contributed by atoms with Crippen molar-refractivity contribution in [3.8, 4) is 0 Å². The molecule has 144 valence electrons. The second-order valence-corrected chi connectivity index (χ2v) is 6.74. The Balaban J connectivity index is 2.04. The molecule has 0 fully saturated rings. The second kappa shape index (κ2) is 9.72. The SMILES string of the molecule is CC(=O)NCCN(C(=O)c1ccc(CSc2ncn[nH]2)cc1)C(C)C(=O)O. The van der Waals surface area contributed by atoms with E-state index in [9.17, 15) is 19.5 Å². The number of carboxylic acids is 1. The van der Waals surface area contributed by atoms with Crippen LogP contribution in [0.5, 0.6) is 0 Å². The van der Waals surface area contributed by atoms with E-state index in [0.717, 1.165) is 5.56 Å². The van der Waals surface area contributed by atoms with Crippen molar-refractivity contribution in [3.63, 3.8) is 0 Å². The van der Waals surface area contributed by atoms with Gasteiger partial charge in [0, 0.05) is 31.3 Å². The number of carbonyl (C=O) groups is 3. The molecule has 10 heteroatoms. The number of hydrogen-bond donors (Lipinski definition) is 3. The van der Waals surface area contributed by atoms with Gasteiger partial charge in [0.05, 0.1) is 0 Å². The van der Waals surface area contributed by atoms with Crippen LogP contribution in [0, 0.1) is 0 Å². The van der Waals surface area contributed by atoms with Gasteiger partial charge in [0.25, 0.3) is 5.91 Å². The molecular formula is C17H21N5O4S. The van der Waals surface area contributed by atoms with E-state index in [2.05, 4.69) is 20.5 Å². The molecular weight excluding hydrogens is 370 g/mol. The zero-order valence-electron chi connectivity index (χ0n) is 15.0. The fourth-order valence-electron chi connectivity index (χ4n) is 2.28. The Bertz CT molecular complexity index is 779. The van der Waals surface area contributed by atoms with Crippen LogP contribution in [-0.4, -0.2) is 62.1 Å². The number of hydrogen-bond acceptors (Lipinski definition) is 6. The molecule has 0 spiro atoms. The van der Waals surface area contributed by atoms with Gasteiger partial charge in [0.2, 0.25) is 5.91 Å². The number of thioether (sulfide) groups is 1. The van der Waals surface area contributed by atoms with Crippen LogP contribution in [0.2, 0.25) is 0 Å². The Labute approximate surface area is 160 Å².